The van der Waals surface area contributed by atoms with E-state index < -0.39 is 6.03 Å². The fourth-order valence-electron chi connectivity index (χ4n) is 2.03. The number of hydrogen-bond acceptors (Lipinski definition) is 4. The Kier molecular flexibility index (Phi) is 5.78. The first kappa shape index (κ1) is 18.3. The molecule has 0 fully saturated rings. The first-order valence-corrected chi connectivity index (χ1v) is 8.52. The lowest BCUT2D eigenvalue weighted by Gasteiger charge is -2.10. The van der Waals surface area contributed by atoms with E-state index in [4.69, 9.17) is 34.8 Å². The molecule has 6 nitrogen and oxygen atoms in total. The van der Waals surface area contributed by atoms with Gasteiger partial charge < -0.3 is 16.0 Å². The van der Waals surface area contributed by atoms with Crippen molar-refractivity contribution >= 4 is 63.7 Å². The molecular formula is C17H12Cl3N5O. The van der Waals surface area contributed by atoms with Crippen molar-refractivity contribution in [2.24, 2.45) is 0 Å². The summed E-state index contributed by atoms with van der Waals surface area (Å²) < 4.78 is 0. The van der Waals surface area contributed by atoms with E-state index in [0.29, 0.717) is 32.4 Å². The summed E-state index contributed by atoms with van der Waals surface area (Å²) >= 11 is 17.5. The van der Waals surface area contributed by atoms with Crippen molar-refractivity contribution in [3.8, 4) is 0 Å². The van der Waals surface area contributed by atoms with Gasteiger partial charge >= 0.3 is 6.03 Å². The van der Waals surface area contributed by atoms with Crippen LogP contribution in [0.3, 0.4) is 0 Å². The molecule has 2 aromatic carbocycles. The Morgan fingerprint density at radius 2 is 1.38 bits per heavy atom. The number of benzene rings is 2. The molecule has 3 aromatic rings. The van der Waals surface area contributed by atoms with E-state index >= 15 is 0 Å². The largest absolute Gasteiger partial charge is 0.339 e. The summed E-state index contributed by atoms with van der Waals surface area (Å²) in [6, 6.07) is 14.9. The first-order valence-electron chi connectivity index (χ1n) is 7.39. The van der Waals surface area contributed by atoms with Gasteiger partial charge in [-0.05, 0) is 54.6 Å². The Balaban J connectivity index is 1.58. The molecule has 0 spiro atoms. The molecule has 0 aliphatic carbocycles. The van der Waals surface area contributed by atoms with Crippen LogP contribution in [0.1, 0.15) is 0 Å². The molecule has 0 saturated carbocycles. The van der Waals surface area contributed by atoms with Gasteiger partial charge in [0.25, 0.3) is 0 Å². The van der Waals surface area contributed by atoms with Crippen molar-refractivity contribution in [3.05, 3.63) is 69.8 Å². The van der Waals surface area contributed by atoms with E-state index in [2.05, 4.69) is 26.1 Å². The number of nitrogens with one attached hydrogen (secondary N) is 3. The molecule has 0 aliphatic rings. The highest BCUT2D eigenvalue weighted by Crippen LogP contribution is 2.25. The van der Waals surface area contributed by atoms with Crippen LogP contribution in [0.25, 0.3) is 0 Å². The number of carbonyl (C=O) groups is 1. The molecular weight excluding hydrogens is 397 g/mol. The number of carbonyl (C=O) groups excluding carboxylic acids is 1. The normalized spacial score (nSPS) is 10.3. The maximum atomic E-state index is 12.0. The van der Waals surface area contributed by atoms with Gasteiger partial charge in [-0.1, -0.05) is 34.8 Å². The molecule has 9 heteroatoms. The number of hydrogen-bond donors (Lipinski definition) is 3. The lowest BCUT2D eigenvalue weighted by molar-refractivity contribution is 0.262. The summed E-state index contributed by atoms with van der Waals surface area (Å²) in [5, 5.41) is 17.3. The minimum atomic E-state index is -0.396. The zero-order valence-corrected chi connectivity index (χ0v) is 15.4. The Hall–Kier alpha value is -2.54. The summed E-state index contributed by atoms with van der Waals surface area (Å²) in [5.41, 5.74) is 1.95. The van der Waals surface area contributed by atoms with Crippen molar-refractivity contribution in [1.82, 2.24) is 10.2 Å². The summed E-state index contributed by atoms with van der Waals surface area (Å²) in [5.74, 6) is 0.562. The predicted octanol–water partition coefficient (Wildman–Crippen LogP) is 5.82. The number of urea groups is 1. The van der Waals surface area contributed by atoms with E-state index in [0.717, 1.165) is 5.69 Å². The number of nitrogens with zero attached hydrogens (tertiary/aromatic N) is 2. The minimum Gasteiger partial charge on any atom is -0.339 e. The molecule has 0 bridgehead atoms. The number of aromatic nitrogens is 2. The van der Waals surface area contributed by atoms with Gasteiger partial charge in [-0.25, -0.2) is 4.79 Å². The Labute approximate surface area is 164 Å². The maximum absolute atomic E-state index is 12.0. The van der Waals surface area contributed by atoms with Crippen LogP contribution in [-0.4, -0.2) is 16.2 Å². The quantitative estimate of drug-likeness (QED) is 0.508. The Morgan fingerprint density at radius 3 is 2.04 bits per heavy atom. The Bertz CT molecular complexity index is 917. The van der Waals surface area contributed by atoms with Gasteiger partial charge in [0.05, 0.1) is 10.0 Å². The third-order valence-corrected chi connectivity index (χ3v) is 4.17. The second kappa shape index (κ2) is 8.23. The van der Waals surface area contributed by atoms with Crippen LogP contribution in [0.15, 0.2) is 54.6 Å². The van der Waals surface area contributed by atoms with Crippen LogP contribution in [0.2, 0.25) is 15.2 Å². The van der Waals surface area contributed by atoms with Crippen LogP contribution in [0.4, 0.5) is 27.7 Å². The zero-order chi connectivity index (χ0) is 18.5. The lowest BCUT2D eigenvalue weighted by atomic mass is 10.2. The topological polar surface area (TPSA) is 78.9 Å². The third-order valence-electron chi connectivity index (χ3n) is 3.22. The minimum absolute atomic E-state index is 0.322. The molecule has 0 radical (unpaired) electrons. The third kappa shape index (κ3) is 4.98. The summed E-state index contributed by atoms with van der Waals surface area (Å²) in [6.45, 7) is 0. The van der Waals surface area contributed by atoms with Crippen LogP contribution in [0, 0.1) is 0 Å². The highest BCUT2D eigenvalue weighted by atomic mass is 35.5. The predicted molar refractivity (Wildman–Crippen MR) is 106 cm³/mol. The molecule has 0 aliphatic heterocycles. The molecule has 3 rings (SSSR count). The molecule has 2 amide bonds. The first-order chi connectivity index (χ1) is 12.5. The van der Waals surface area contributed by atoms with E-state index in [1.807, 2.05) is 0 Å². The van der Waals surface area contributed by atoms with E-state index in [1.165, 1.54) is 0 Å². The zero-order valence-electron chi connectivity index (χ0n) is 13.1. The smallest absolute Gasteiger partial charge is 0.323 e. The molecule has 132 valence electrons. The van der Waals surface area contributed by atoms with Crippen molar-refractivity contribution in [3.63, 3.8) is 0 Å². The molecule has 3 N–H and O–H groups in total. The van der Waals surface area contributed by atoms with Gasteiger partial charge in [-0.15, -0.1) is 10.2 Å². The van der Waals surface area contributed by atoms with E-state index in [-0.39, 0.29) is 0 Å². The van der Waals surface area contributed by atoms with Crippen LogP contribution in [-0.2, 0) is 0 Å². The lowest BCUT2D eigenvalue weighted by Crippen LogP contribution is -2.19. The second-order valence-electron chi connectivity index (χ2n) is 5.15. The van der Waals surface area contributed by atoms with Gasteiger partial charge in [-0.2, -0.15) is 0 Å². The van der Waals surface area contributed by atoms with Crippen molar-refractivity contribution < 1.29 is 4.79 Å². The highest BCUT2D eigenvalue weighted by molar-refractivity contribution is 6.42. The van der Waals surface area contributed by atoms with Crippen molar-refractivity contribution in [2.45, 2.75) is 0 Å². The molecule has 0 unspecified atom stereocenters. The summed E-state index contributed by atoms with van der Waals surface area (Å²) in [7, 11) is 0. The number of halogens is 3. The molecule has 0 atom stereocenters. The number of amides is 2. The second-order valence-corrected chi connectivity index (χ2v) is 6.35. The summed E-state index contributed by atoms with van der Waals surface area (Å²) in [4.78, 5) is 12.0. The van der Waals surface area contributed by atoms with Gasteiger partial charge in [0.1, 0.15) is 0 Å². The SMILES string of the molecule is O=C(Nc1ccc(Nc2ccc(Cl)nn2)cc1)Nc1ccc(Cl)c(Cl)c1. The van der Waals surface area contributed by atoms with Gasteiger partial charge in [0.15, 0.2) is 11.0 Å². The highest BCUT2D eigenvalue weighted by Gasteiger charge is 2.05. The number of anilines is 4. The van der Waals surface area contributed by atoms with Crippen LogP contribution < -0.4 is 16.0 Å². The average molecular weight is 409 g/mol. The van der Waals surface area contributed by atoms with Crippen LogP contribution in [0.5, 0.6) is 0 Å². The number of rotatable bonds is 4. The average Bonchev–Trinajstić information content (AvgIpc) is 2.62. The van der Waals surface area contributed by atoms with Crippen LogP contribution >= 0.6 is 34.8 Å². The van der Waals surface area contributed by atoms with Crippen molar-refractivity contribution in [1.29, 1.82) is 0 Å². The van der Waals surface area contributed by atoms with E-state index in [1.54, 1.807) is 54.6 Å². The Morgan fingerprint density at radius 1 is 0.731 bits per heavy atom. The van der Waals surface area contributed by atoms with Gasteiger partial charge in [0.2, 0.25) is 0 Å². The van der Waals surface area contributed by atoms with Crippen molar-refractivity contribution in [2.75, 3.05) is 16.0 Å². The standard InChI is InChI=1S/C17H12Cl3N5O/c18-13-6-5-12(9-14(13)19)23-17(26)22-11-3-1-10(2-4-11)21-16-8-7-15(20)24-25-16/h1-9H,(H,21,25)(H2,22,23,26). The molecule has 0 saturated heterocycles. The van der Waals surface area contributed by atoms with E-state index in [9.17, 15) is 4.79 Å². The maximum Gasteiger partial charge on any atom is 0.323 e. The fourth-order valence-corrected chi connectivity index (χ4v) is 2.43. The monoisotopic (exact) mass is 407 g/mol. The molecule has 26 heavy (non-hydrogen) atoms. The fraction of sp³-hybridized carbons (Fsp3) is 0. The molecule has 1 aromatic heterocycles. The summed E-state index contributed by atoms with van der Waals surface area (Å²) in [6.07, 6.45) is 0. The molecule has 1 heterocycles. The van der Waals surface area contributed by atoms with Gasteiger partial charge in [0, 0.05) is 17.1 Å². The van der Waals surface area contributed by atoms with Gasteiger partial charge in [-0.3, -0.25) is 0 Å².